The van der Waals surface area contributed by atoms with Gasteiger partial charge in [-0.05, 0) is 55.3 Å². The van der Waals surface area contributed by atoms with Crippen molar-refractivity contribution < 1.29 is 26.8 Å². The van der Waals surface area contributed by atoms with Crippen LogP contribution in [-0.2, 0) is 14.8 Å². The van der Waals surface area contributed by atoms with Gasteiger partial charge in [0.2, 0.25) is 15.9 Å². The Morgan fingerprint density at radius 3 is 2.16 bits per heavy atom. The number of piperazine rings is 1. The third-order valence-electron chi connectivity index (χ3n) is 5.80. The van der Waals surface area contributed by atoms with Gasteiger partial charge in [0.25, 0.3) is 5.91 Å². The quantitative estimate of drug-likeness (QED) is 0.699. The summed E-state index contributed by atoms with van der Waals surface area (Å²) in [6.45, 7) is 1.11. The molecule has 170 valence electrons. The molecule has 0 bridgehead atoms. The molecular weight excluding hydrogens is 440 g/mol. The van der Waals surface area contributed by atoms with Gasteiger partial charge in [-0.1, -0.05) is 0 Å². The molecule has 2 saturated heterocycles. The molecule has 0 radical (unpaired) electrons. The van der Waals surface area contributed by atoms with E-state index in [1.54, 1.807) is 34.1 Å². The first-order chi connectivity index (χ1) is 15.3. The van der Waals surface area contributed by atoms with E-state index in [1.807, 2.05) is 0 Å². The molecule has 2 aromatic carbocycles. The first kappa shape index (κ1) is 22.3. The van der Waals surface area contributed by atoms with Crippen LogP contribution in [0.3, 0.4) is 0 Å². The minimum Gasteiger partial charge on any atom is -0.336 e. The van der Waals surface area contributed by atoms with Crippen LogP contribution in [0.4, 0.5) is 14.5 Å². The fourth-order valence-corrected chi connectivity index (χ4v) is 5.40. The van der Waals surface area contributed by atoms with Crippen molar-refractivity contribution in [3.8, 4) is 0 Å². The normalized spacial score (nSPS) is 18.1. The summed E-state index contributed by atoms with van der Waals surface area (Å²) in [6, 6.07) is 9.31. The molecule has 2 fully saturated rings. The summed E-state index contributed by atoms with van der Waals surface area (Å²) in [5, 5.41) is 0. The van der Waals surface area contributed by atoms with Crippen molar-refractivity contribution in [1.82, 2.24) is 9.21 Å². The molecule has 0 saturated carbocycles. The molecule has 2 amide bonds. The van der Waals surface area contributed by atoms with Gasteiger partial charge in [0.1, 0.15) is 0 Å². The van der Waals surface area contributed by atoms with E-state index in [4.69, 9.17) is 0 Å². The van der Waals surface area contributed by atoms with Gasteiger partial charge in [-0.15, -0.1) is 0 Å². The Balaban J connectivity index is 1.40. The number of hydrogen-bond donors (Lipinski definition) is 0. The van der Waals surface area contributed by atoms with Gasteiger partial charge in [0.05, 0.1) is 4.90 Å². The lowest BCUT2D eigenvalue weighted by molar-refractivity contribution is -0.119. The zero-order valence-electron chi connectivity index (χ0n) is 17.3. The topological polar surface area (TPSA) is 78.0 Å². The van der Waals surface area contributed by atoms with Gasteiger partial charge in [-0.25, -0.2) is 17.2 Å². The number of halogens is 2. The molecule has 4 rings (SSSR count). The van der Waals surface area contributed by atoms with Crippen molar-refractivity contribution in [1.29, 1.82) is 0 Å². The Morgan fingerprint density at radius 2 is 1.53 bits per heavy atom. The molecule has 0 aliphatic carbocycles. The number of carbonyl (C=O) groups excluding carboxylic acids is 2. The SMILES string of the molecule is O=C(c1ccc(N2CCCCC2=O)cc1)N1CCN(S(=O)(=O)c2ccc(F)c(F)c2)CC1. The highest BCUT2D eigenvalue weighted by molar-refractivity contribution is 7.89. The average Bonchev–Trinajstić information content (AvgIpc) is 2.81. The van der Waals surface area contributed by atoms with Gasteiger partial charge in [0, 0.05) is 50.4 Å². The summed E-state index contributed by atoms with van der Waals surface area (Å²) in [4.78, 5) is 27.9. The fraction of sp³-hybridized carbons (Fsp3) is 0.364. The molecule has 0 spiro atoms. The zero-order valence-corrected chi connectivity index (χ0v) is 18.2. The molecule has 2 aliphatic heterocycles. The number of carbonyl (C=O) groups is 2. The van der Waals surface area contributed by atoms with Gasteiger partial charge >= 0.3 is 0 Å². The Kier molecular flexibility index (Phi) is 6.25. The fourth-order valence-electron chi connectivity index (χ4n) is 3.96. The van der Waals surface area contributed by atoms with Crippen LogP contribution in [0.15, 0.2) is 47.4 Å². The van der Waals surface area contributed by atoms with Gasteiger partial charge in [-0.2, -0.15) is 4.31 Å². The molecule has 2 aliphatic rings. The highest BCUT2D eigenvalue weighted by atomic mass is 32.2. The van der Waals surface area contributed by atoms with Crippen LogP contribution >= 0.6 is 0 Å². The maximum atomic E-state index is 13.5. The minimum absolute atomic E-state index is 0.0490. The van der Waals surface area contributed by atoms with E-state index in [1.165, 1.54) is 0 Å². The summed E-state index contributed by atoms with van der Waals surface area (Å²) in [5.74, 6) is -2.50. The summed E-state index contributed by atoms with van der Waals surface area (Å²) in [6.07, 6.45) is 2.37. The Labute approximate surface area is 185 Å². The summed E-state index contributed by atoms with van der Waals surface area (Å²) in [7, 11) is -3.99. The Hall–Kier alpha value is -2.85. The van der Waals surface area contributed by atoms with Crippen molar-refractivity contribution >= 4 is 27.5 Å². The number of piperidine rings is 1. The number of sulfonamides is 1. The highest BCUT2D eigenvalue weighted by Crippen LogP contribution is 2.23. The number of benzene rings is 2. The third-order valence-corrected chi connectivity index (χ3v) is 7.70. The molecule has 7 nitrogen and oxygen atoms in total. The standard InChI is InChI=1S/C22H23F2N3O4S/c23-19-9-8-18(15-20(19)24)32(30,31)26-13-11-25(12-14-26)22(29)16-4-6-17(7-5-16)27-10-2-1-3-21(27)28/h4-9,15H,1-3,10-14H2. The van der Waals surface area contributed by atoms with Crippen molar-refractivity contribution in [2.24, 2.45) is 0 Å². The highest BCUT2D eigenvalue weighted by Gasteiger charge is 2.31. The molecule has 0 unspecified atom stereocenters. The molecule has 0 N–H and O–H groups in total. The lowest BCUT2D eigenvalue weighted by Crippen LogP contribution is -2.50. The van der Waals surface area contributed by atoms with Crippen molar-refractivity contribution in [2.45, 2.75) is 24.2 Å². The van der Waals surface area contributed by atoms with Crippen LogP contribution in [-0.4, -0.2) is 62.2 Å². The number of amides is 2. The minimum atomic E-state index is -3.99. The van der Waals surface area contributed by atoms with Crippen molar-refractivity contribution in [3.05, 3.63) is 59.7 Å². The van der Waals surface area contributed by atoms with Crippen LogP contribution in [0.5, 0.6) is 0 Å². The number of nitrogens with zero attached hydrogens (tertiary/aromatic N) is 3. The summed E-state index contributed by atoms with van der Waals surface area (Å²) < 4.78 is 53.2. The second-order valence-corrected chi connectivity index (χ2v) is 9.76. The van der Waals surface area contributed by atoms with Crippen LogP contribution in [0.25, 0.3) is 0 Å². The Bertz CT molecular complexity index is 1130. The summed E-state index contributed by atoms with van der Waals surface area (Å²) >= 11 is 0. The lowest BCUT2D eigenvalue weighted by atomic mass is 10.1. The second-order valence-electron chi connectivity index (χ2n) is 7.82. The molecule has 2 aromatic rings. The second kappa shape index (κ2) is 8.95. The zero-order chi connectivity index (χ0) is 22.9. The van der Waals surface area contributed by atoms with Crippen molar-refractivity contribution in [3.63, 3.8) is 0 Å². The molecule has 0 aromatic heterocycles. The van der Waals surface area contributed by atoms with Crippen LogP contribution in [0, 0.1) is 11.6 Å². The smallest absolute Gasteiger partial charge is 0.253 e. The van der Waals surface area contributed by atoms with Gasteiger partial charge < -0.3 is 9.80 Å². The van der Waals surface area contributed by atoms with Crippen LogP contribution < -0.4 is 4.90 Å². The van der Waals surface area contributed by atoms with E-state index in [-0.39, 0.29) is 42.9 Å². The first-order valence-electron chi connectivity index (χ1n) is 10.4. The predicted molar refractivity (Wildman–Crippen MR) is 114 cm³/mol. The molecular formula is C22H23F2N3O4S. The largest absolute Gasteiger partial charge is 0.336 e. The number of rotatable bonds is 4. The average molecular weight is 464 g/mol. The molecule has 2 heterocycles. The Morgan fingerprint density at radius 1 is 0.844 bits per heavy atom. The van der Waals surface area contributed by atoms with Gasteiger partial charge in [0.15, 0.2) is 11.6 Å². The van der Waals surface area contributed by atoms with E-state index in [9.17, 15) is 26.8 Å². The number of hydrogen-bond acceptors (Lipinski definition) is 4. The molecule has 10 heteroatoms. The van der Waals surface area contributed by atoms with Gasteiger partial charge in [-0.3, -0.25) is 9.59 Å². The molecule has 32 heavy (non-hydrogen) atoms. The van der Waals surface area contributed by atoms with Crippen molar-refractivity contribution in [2.75, 3.05) is 37.6 Å². The number of anilines is 1. The molecule has 0 atom stereocenters. The van der Waals surface area contributed by atoms with E-state index < -0.39 is 21.7 Å². The maximum Gasteiger partial charge on any atom is 0.253 e. The van der Waals surface area contributed by atoms with E-state index in [2.05, 4.69) is 0 Å². The van der Waals surface area contributed by atoms with Crippen LogP contribution in [0.1, 0.15) is 29.6 Å². The maximum absolute atomic E-state index is 13.5. The van der Waals surface area contributed by atoms with E-state index in [0.29, 0.717) is 24.6 Å². The third kappa shape index (κ3) is 4.37. The van der Waals surface area contributed by atoms with E-state index >= 15 is 0 Å². The lowest BCUT2D eigenvalue weighted by Gasteiger charge is -2.34. The monoisotopic (exact) mass is 463 g/mol. The summed E-state index contributed by atoms with van der Waals surface area (Å²) in [5.41, 5.74) is 1.21. The predicted octanol–water partition coefficient (Wildman–Crippen LogP) is 2.63. The first-order valence-corrected chi connectivity index (χ1v) is 11.9. The van der Waals surface area contributed by atoms with Crippen LogP contribution in [0.2, 0.25) is 0 Å². The van der Waals surface area contributed by atoms with E-state index in [0.717, 1.165) is 35.0 Å².